The van der Waals surface area contributed by atoms with E-state index < -0.39 is 9.84 Å². The van der Waals surface area contributed by atoms with Crippen molar-refractivity contribution in [3.8, 4) is 11.3 Å². The minimum absolute atomic E-state index is 0.0402. The molecule has 0 aliphatic carbocycles. The number of amides is 1. The largest absolute Gasteiger partial charge is 0.321 e. The smallest absolute Gasteiger partial charge is 0.265 e. The lowest BCUT2D eigenvalue weighted by Gasteiger charge is -2.07. The third-order valence-electron chi connectivity index (χ3n) is 4.70. The van der Waals surface area contributed by atoms with Crippen LogP contribution in [0.25, 0.3) is 11.3 Å². The van der Waals surface area contributed by atoms with Crippen molar-refractivity contribution < 1.29 is 13.2 Å². The number of rotatable bonds is 6. The molecule has 1 amide bonds. The van der Waals surface area contributed by atoms with Crippen LogP contribution in [0.1, 0.15) is 20.1 Å². The van der Waals surface area contributed by atoms with Crippen LogP contribution >= 0.6 is 22.9 Å². The zero-order valence-corrected chi connectivity index (χ0v) is 19.6. The number of aromatic nitrogens is 3. The summed E-state index contributed by atoms with van der Waals surface area (Å²) in [7, 11) is -3.46. The van der Waals surface area contributed by atoms with Gasteiger partial charge in [-0.25, -0.2) is 13.1 Å². The highest BCUT2D eigenvalue weighted by molar-refractivity contribution is 7.90. The van der Waals surface area contributed by atoms with E-state index in [1.54, 1.807) is 10.7 Å². The van der Waals surface area contributed by atoms with Gasteiger partial charge in [0.15, 0.2) is 9.84 Å². The first-order valence-electron chi connectivity index (χ1n) is 9.56. The second-order valence-corrected chi connectivity index (χ2v) is 11.0. The van der Waals surface area contributed by atoms with Gasteiger partial charge in [-0.15, -0.1) is 16.4 Å². The van der Waals surface area contributed by atoms with Crippen LogP contribution in [-0.4, -0.2) is 35.6 Å². The molecule has 2 aromatic carbocycles. The summed E-state index contributed by atoms with van der Waals surface area (Å²) in [6, 6.07) is 15.9. The SMILES string of the molecule is Cc1sc(C(=O)Nc2cc(Cl)cc(S(C)(=O)=O)c2)cc1-c1cn(Cc2ccccc2)nn1. The maximum Gasteiger partial charge on any atom is 0.265 e. The van der Waals surface area contributed by atoms with Crippen molar-refractivity contribution in [1.29, 1.82) is 0 Å². The number of anilines is 1. The molecule has 7 nitrogen and oxygen atoms in total. The highest BCUT2D eigenvalue weighted by atomic mass is 35.5. The third-order valence-corrected chi connectivity index (χ3v) is 7.06. The Morgan fingerprint density at radius 1 is 1.16 bits per heavy atom. The van der Waals surface area contributed by atoms with Gasteiger partial charge < -0.3 is 5.32 Å². The molecule has 32 heavy (non-hydrogen) atoms. The van der Waals surface area contributed by atoms with E-state index in [4.69, 9.17) is 11.6 Å². The van der Waals surface area contributed by atoms with Gasteiger partial charge in [0.1, 0.15) is 5.69 Å². The van der Waals surface area contributed by atoms with E-state index in [0.29, 0.717) is 22.8 Å². The van der Waals surface area contributed by atoms with Crippen molar-refractivity contribution in [3.63, 3.8) is 0 Å². The second kappa shape index (κ2) is 8.85. The summed E-state index contributed by atoms with van der Waals surface area (Å²) in [5.41, 5.74) is 2.92. The van der Waals surface area contributed by atoms with E-state index >= 15 is 0 Å². The summed E-state index contributed by atoms with van der Waals surface area (Å²) in [4.78, 5) is 14.2. The topological polar surface area (TPSA) is 94.0 Å². The minimum Gasteiger partial charge on any atom is -0.321 e. The molecule has 4 aromatic rings. The molecular weight excluding hydrogens is 468 g/mol. The first kappa shape index (κ1) is 22.2. The first-order chi connectivity index (χ1) is 15.2. The Kier molecular flexibility index (Phi) is 6.14. The van der Waals surface area contributed by atoms with Crippen molar-refractivity contribution in [2.45, 2.75) is 18.4 Å². The van der Waals surface area contributed by atoms with Gasteiger partial charge >= 0.3 is 0 Å². The number of hydrogen-bond donors (Lipinski definition) is 1. The third kappa shape index (κ3) is 5.07. The van der Waals surface area contributed by atoms with Gasteiger partial charge in [-0.05, 0) is 36.8 Å². The summed E-state index contributed by atoms with van der Waals surface area (Å²) in [5, 5.41) is 11.4. The van der Waals surface area contributed by atoms with Crippen molar-refractivity contribution >= 4 is 44.4 Å². The average Bonchev–Trinajstić information content (AvgIpc) is 3.34. The molecule has 0 atom stereocenters. The Bertz CT molecular complexity index is 1400. The quantitative estimate of drug-likeness (QED) is 0.427. The standard InChI is InChI=1S/C22H19ClN4O3S2/c1-14-19(20-13-27(26-25-20)12-15-6-4-3-5-7-15)11-21(31-14)22(28)24-17-8-16(23)9-18(10-17)32(2,29)30/h3-11,13H,12H2,1-2H3,(H,24,28). The average molecular weight is 487 g/mol. The molecule has 0 bridgehead atoms. The van der Waals surface area contributed by atoms with Crippen LogP contribution in [-0.2, 0) is 16.4 Å². The maximum absolute atomic E-state index is 12.8. The first-order valence-corrected chi connectivity index (χ1v) is 12.6. The molecule has 0 saturated carbocycles. The molecule has 164 valence electrons. The fourth-order valence-electron chi connectivity index (χ4n) is 3.16. The summed E-state index contributed by atoms with van der Waals surface area (Å²) in [5.74, 6) is -0.359. The molecule has 0 spiro atoms. The zero-order chi connectivity index (χ0) is 22.9. The molecular formula is C22H19ClN4O3S2. The molecule has 2 heterocycles. The number of sulfone groups is 1. The van der Waals surface area contributed by atoms with Gasteiger partial charge in [0.05, 0.1) is 22.5 Å². The molecule has 0 unspecified atom stereocenters. The van der Waals surface area contributed by atoms with Crippen LogP contribution < -0.4 is 5.32 Å². The van der Waals surface area contributed by atoms with Crippen molar-refractivity contribution in [2.75, 3.05) is 11.6 Å². The predicted molar refractivity (Wildman–Crippen MR) is 126 cm³/mol. The minimum atomic E-state index is -3.46. The number of hydrogen-bond acceptors (Lipinski definition) is 6. The summed E-state index contributed by atoms with van der Waals surface area (Å²) >= 11 is 7.35. The Balaban J connectivity index is 1.54. The Hall–Kier alpha value is -3.01. The summed E-state index contributed by atoms with van der Waals surface area (Å²) in [6.07, 6.45) is 2.93. The molecule has 1 N–H and O–H groups in total. The molecule has 0 fully saturated rings. The number of halogens is 1. The summed E-state index contributed by atoms with van der Waals surface area (Å²) < 4.78 is 25.4. The van der Waals surface area contributed by atoms with Crippen molar-refractivity contribution in [3.05, 3.63) is 81.1 Å². The number of carbonyl (C=O) groups excluding carboxylic acids is 1. The lowest BCUT2D eigenvalue weighted by atomic mass is 10.2. The van der Waals surface area contributed by atoms with Crippen molar-refractivity contribution in [2.24, 2.45) is 0 Å². The van der Waals surface area contributed by atoms with Crippen molar-refractivity contribution in [1.82, 2.24) is 15.0 Å². The molecule has 0 aliphatic heterocycles. The molecule has 0 saturated heterocycles. The number of aryl methyl sites for hydroxylation is 1. The van der Waals surface area contributed by atoms with Gasteiger partial charge in [0, 0.05) is 27.4 Å². The number of carbonyl (C=O) groups is 1. The highest BCUT2D eigenvalue weighted by Gasteiger charge is 2.17. The molecule has 10 heteroatoms. The summed E-state index contributed by atoms with van der Waals surface area (Å²) in [6.45, 7) is 2.51. The van der Waals surface area contributed by atoms with E-state index in [9.17, 15) is 13.2 Å². The van der Waals surface area contributed by atoms with Crippen LogP contribution in [0.3, 0.4) is 0 Å². The fourth-order valence-corrected chi connectivity index (χ4v) is 5.07. The lowest BCUT2D eigenvalue weighted by molar-refractivity contribution is 0.103. The Morgan fingerprint density at radius 2 is 1.91 bits per heavy atom. The molecule has 0 aliphatic rings. The van der Waals surface area contributed by atoms with Crippen LogP contribution in [0, 0.1) is 6.92 Å². The maximum atomic E-state index is 12.8. The van der Waals surface area contributed by atoms with E-state index in [1.165, 1.54) is 29.5 Å². The van der Waals surface area contributed by atoms with E-state index in [0.717, 1.165) is 22.3 Å². The number of thiophene rings is 1. The highest BCUT2D eigenvalue weighted by Crippen LogP contribution is 2.31. The number of nitrogens with one attached hydrogen (secondary N) is 1. The monoisotopic (exact) mass is 486 g/mol. The number of nitrogens with zero attached hydrogens (tertiary/aromatic N) is 3. The normalized spacial score (nSPS) is 11.5. The lowest BCUT2D eigenvalue weighted by Crippen LogP contribution is -2.11. The van der Waals surface area contributed by atoms with Gasteiger partial charge in [-0.2, -0.15) is 0 Å². The van der Waals surface area contributed by atoms with Crippen LogP contribution in [0.2, 0.25) is 5.02 Å². The van der Waals surface area contributed by atoms with Gasteiger partial charge in [-0.3, -0.25) is 4.79 Å². The predicted octanol–water partition coefficient (Wildman–Crippen LogP) is 4.67. The van der Waals surface area contributed by atoms with Gasteiger partial charge in [0.2, 0.25) is 0 Å². The Morgan fingerprint density at radius 3 is 2.62 bits per heavy atom. The van der Waals surface area contributed by atoms with Gasteiger partial charge in [-0.1, -0.05) is 47.1 Å². The van der Waals surface area contributed by atoms with E-state index in [-0.39, 0.29) is 15.8 Å². The molecule has 0 radical (unpaired) electrons. The van der Waals surface area contributed by atoms with Gasteiger partial charge in [0.25, 0.3) is 5.91 Å². The second-order valence-electron chi connectivity index (χ2n) is 7.27. The van der Waals surface area contributed by atoms with Crippen LogP contribution in [0.4, 0.5) is 5.69 Å². The number of benzene rings is 2. The van der Waals surface area contributed by atoms with Crippen LogP contribution in [0.5, 0.6) is 0 Å². The van der Waals surface area contributed by atoms with E-state index in [2.05, 4.69) is 15.6 Å². The van der Waals surface area contributed by atoms with E-state index in [1.807, 2.05) is 43.5 Å². The zero-order valence-electron chi connectivity index (χ0n) is 17.2. The van der Waals surface area contributed by atoms with Crippen LogP contribution in [0.15, 0.2) is 65.7 Å². The Labute approximate surface area is 194 Å². The molecule has 4 rings (SSSR count). The molecule has 2 aromatic heterocycles. The fraction of sp³-hybridized carbons (Fsp3) is 0.136.